The maximum absolute atomic E-state index is 12.3. The van der Waals surface area contributed by atoms with Crippen LogP contribution in [0, 0.1) is 0 Å². The molecule has 0 aliphatic carbocycles. The quantitative estimate of drug-likeness (QED) is 0.117. The summed E-state index contributed by atoms with van der Waals surface area (Å²) < 4.78 is 28.2. The molecular weight excluding hydrogens is 500 g/mol. The molecule has 0 radical (unpaired) electrons. The minimum absolute atomic E-state index is 0.186. The summed E-state index contributed by atoms with van der Waals surface area (Å²) in [6, 6.07) is -2.04. The molecule has 37 heavy (non-hydrogen) atoms. The summed E-state index contributed by atoms with van der Waals surface area (Å²) in [6.45, 7) is 2.31. The van der Waals surface area contributed by atoms with Crippen LogP contribution in [0.1, 0.15) is 26.7 Å². The molecule has 0 bridgehead atoms. The van der Waals surface area contributed by atoms with Gasteiger partial charge in [-0.1, -0.05) is 0 Å². The highest BCUT2D eigenvalue weighted by Gasteiger charge is 2.51. The first-order chi connectivity index (χ1) is 17.5. The molecule has 2 fully saturated rings. The molecule has 2 rings (SSSR count). The zero-order valence-corrected chi connectivity index (χ0v) is 21.3. The Morgan fingerprint density at radius 2 is 1.22 bits per heavy atom. The average molecular weight is 541 g/mol. The van der Waals surface area contributed by atoms with E-state index in [0.29, 0.717) is 0 Å². The van der Waals surface area contributed by atoms with E-state index < -0.39 is 98.5 Å². The van der Waals surface area contributed by atoms with Gasteiger partial charge in [-0.05, 0) is 13.8 Å². The second-order valence-corrected chi connectivity index (χ2v) is 9.06. The third kappa shape index (κ3) is 7.77. The summed E-state index contributed by atoms with van der Waals surface area (Å²) in [5, 5.41) is 64.5. The molecule has 2 amide bonds. The first kappa shape index (κ1) is 31.7. The van der Waals surface area contributed by atoms with Crippen LogP contribution in [0.25, 0.3) is 0 Å². The topological polar surface area (TPSA) is 226 Å². The predicted octanol–water partition coefficient (Wildman–Crippen LogP) is -4.30. The van der Waals surface area contributed by atoms with Crippen molar-refractivity contribution in [3.8, 4) is 0 Å². The van der Waals surface area contributed by atoms with Gasteiger partial charge in [-0.25, -0.2) is 0 Å². The van der Waals surface area contributed by atoms with Gasteiger partial charge >= 0.3 is 0 Å². The number of rotatable bonds is 12. The molecule has 8 N–H and O–H groups in total. The fourth-order valence-corrected chi connectivity index (χ4v) is 4.32. The Balaban J connectivity index is 2.16. The number of methoxy groups -OCH3 is 2. The zero-order chi connectivity index (χ0) is 27.9. The number of aliphatic hydroxyl groups is 6. The molecule has 2 aliphatic rings. The number of nitrogens with one attached hydrogen (secondary N) is 2. The number of ether oxygens (including phenoxy) is 5. The first-order valence-corrected chi connectivity index (χ1v) is 12.1. The number of hydrogen-bond donors (Lipinski definition) is 8. The summed E-state index contributed by atoms with van der Waals surface area (Å²) in [5.41, 5.74) is 0. The van der Waals surface area contributed by atoms with Gasteiger partial charge < -0.3 is 65.0 Å². The fourth-order valence-electron chi connectivity index (χ4n) is 4.32. The van der Waals surface area contributed by atoms with Crippen molar-refractivity contribution in [2.45, 2.75) is 100 Å². The Bertz CT molecular complexity index is 731. The van der Waals surface area contributed by atoms with Crippen molar-refractivity contribution in [3.63, 3.8) is 0 Å². The smallest absolute Gasteiger partial charge is 0.249 e. The second-order valence-electron chi connectivity index (χ2n) is 9.06. The van der Waals surface area contributed by atoms with E-state index >= 15 is 0 Å². The number of carbonyl (C=O) groups is 2. The van der Waals surface area contributed by atoms with Gasteiger partial charge in [0.05, 0.1) is 24.3 Å². The normalized spacial score (nSPS) is 38.0. The van der Waals surface area contributed by atoms with E-state index in [0.717, 1.165) is 0 Å². The van der Waals surface area contributed by atoms with Gasteiger partial charge in [0.2, 0.25) is 11.8 Å². The van der Waals surface area contributed by atoms with E-state index in [2.05, 4.69) is 10.6 Å². The van der Waals surface area contributed by atoms with Gasteiger partial charge in [0.25, 0.3) is 0 Å². The lowest BCUT2D eigenvalue weighted by Gasteiger charge is -2.48. The molecular formula is C22H40N2O13. The number of aliphatic hydroxyl groups excluding tert-OH is 6. The van der Waals surface area contributed by atoms with E-state index in [9.17, 15) is 30.0 Å². The van der Waals surface area contributed by atoms with Crippen LogP contribution in [0.4, 0.5) is 0 Å². The summed E-state index contributed by atoms with van der Waals surface area (Å²) in [4.78, 5) is 24.5. The second kappa shape index (κ2) is 14.6. The minimum Gasteiger partial charge on any atom is -0.396 e. The molecule has 12 atom stereocenters. The van der Waals surface area contributed by atoms with E-state index in [1.54, 1.807) is 13.8 Å². The number of hydrogen-bond acceptors (Lipinski definition) is 13. The van der Waals surface area contributed by atoms with Crippen molar-refractivity contribution in [1.29, 1.82) is 0 Å². The fraction of sp³-hybridized carbons (Fsp3) is 0.909. The highest BCUT2D eigenvalue weighted by molar-refractivity contribution is 5.81. The molecule has 2 aliphatic heterocycles. The lowest BCUT2D eigenvalue weighted by Crippen LogP contribution is -2.68. The van der Waals surface area contributed by atoms with E-state index in [1.165, 1.54) is 14.2 Å². The SMILES string of the molecule is CO[C@H]1O[C@H](C)[C@@H](NC(=O)C(O)CCO)[C@H](O)[C@@H]1O[C@H]1O[C@H](C)[C@@H](NC(=O)C(O)CCO)[C@H](O)[C@@H]1OC. The summed E-state index contributed by atoms with van der Waals surface area (Å²) in [7, 11) is 2.60. The van der Waals surface area contributed by atoms with Crippen LogP contribution in [-0.4, -0.2) is 143 Å². The monoisotopic (exact) mass is 540 g/mol. The van der Waals surface area contributed by atoms with Gasteiger partial charge in [-0.15, -0.1) is 0 Å². The van der Waals surface area contributed by atoms with Crippen LogP contribution in [0.5, 0.6) is 0 Å². The van der Waals surface area contributed by atoms with Crippen molar-refractivity contribution in [1.82, 2.24) is 10.6 Å². The number of amides is 2. The van der Waals surface area contributed by atoms with Crippen LogP contribution >= 0.6 is 0 Å². The zero-order valence-electron chi connectivity index (χ0n) is 21.3. The van der Waals surface area contributed by atoms with Crippen LogP contribution in [0.15, 0.2) is 0 Å². The molecule has 0 saturated carbocycles. The minimum atomic E-state index is -1.50. The van der Waals surface area contributed by atoms with Gasteiger partial charge in [-0.3, -0.25) is 9.59 Å². The Labute approximate surface area is 214 Å². The third-order valence-corrected chi connectivity index (χ3v) is 6.48. The Morgan fingerprint density at radius 1 is 0.784 bits per heavy atom. The van der Waals surface area contributed by atoms with Gasteiger partial charge in [0.1, 0.15) is 36.6 Å². The van der Waals surface area contributed by atoms with E-state index in [-0.39, 0.29) is 12.8 Å². The van der Waals surface area contributed by atoms with Crippen LogP contribution in [0.2, 0.25) is 0 Å². The molecule has 0 spiro atoms. The van der Waals surface area contributed by atoms with Crippen molar-refractivity contribution < 1.29 is 63.9 Å². The van der Waals surface area contributed by atoms with Gasteiger partial charge in [0.15, 0.2) is 12.6 Å². The highest BCUT2D eigenvalue weighted by Crippen LogP contribution is 2.30. The Morgan fingerprint density at radius 3 is 1.62 bits per heavy atom. The summed E-state index contributed by atoms with van der Waals surface area (Å²) in [5.74, 6) is -1.63. The van der Waals surface area contributed by atoms with E-state index in [1.807, 2.05) is 0 Å². The van der Waals surface area contributed by atoms with Crippen molar-refractivity contribution >= 4 is 11.8 Å². The van der Waals surface area contributed by atoms with Crippen molar-refractivity contribution in [2.24, 2.45) is 0 Å². The summed E-state index contributed by atoms with van der Waals surface area (Å²) >= 11 is 0. The lowest BCUT2D eigenvalue weighted by atomic mass is 9.94. The average Bonchev–Trinajstić information content (AvgIpc) is 2.85. The molecule has 2 unspecified atom stereocenters. The maximum atomic E-state index is 12.3. The molecule has 0 aromatic rings. The maximum Gasteiger partial charge on any atom is 0.249 e. The molecule has 0 aromatic heterocycles. The molecule has 15 heteroatoms. The lowest BCUT2D eigenvalue weighted by molar-refractivity contribution is -0.345. The Hall–Kier alpha value is -1.50. The first-order valence-electron chi connectivity index (χ1n) is 12.1. The van der Waals surface area contributed by atoms with Crippen molar-refractivity contribution in [3.05, 3.63) is 0 Å². The predicted molar refractivity (Wildman–Crippen MR) is 123 cm³/mol. The highest BCUT2D eigenvalue weighted by atomic mass is 16.7. The Kier molecular flexibility index (Phi) is 12.5. The molecule has 15 nitrogen and oxygen atoms in total. The van der Waals surface area contributed by atoms with Crippen LogP contribution < -0.4 is 10.6 Å². The van der Waals surface area contributed by atoms with E-state index in [4.69, 9.17) is 33.9 Å². The molecule has 2 heterocycles. The molecule has 2 saturated heterocycles. The number of carbonyl (C=O) groups excluding carboxylic acids is 2. The van der Waals surface area contributed by atoms with Gasteiger partial charge in [0, 0.05) is 40.3 Å². The van der Waals surface area contributed by atoms with Crippen molar-refractivity contribution in [2.75, 3.05) is 27.4 Å². The van der Waals surface area contributed by atoms with Crippen LogP contribution in [-0.2, 0) is 33.3 Å². The van der Waals surface area contributed by atoms with Crippen LogP contribution in [0.3, 0.4) is 0 Å². The van der Waals surface area contributed by atoms with Gasteiger partial charge in [-0.2, -0.15) is 0 Å². The molecule has 0 aromatic carbocycles. The molecule has 216 valence electrons. The third-order valence-electron chi connectivity index (χ3n) is 6.48. The summed E-state index contributed by atoms with van der Waals surface area (Å²) in [6.07, 6.45) is -12.6. The standard InChI is InChI=1S/C22H40N2O13/c1-9-14(24-20(32)12(28)6-8-26)16(30)18(21(34-4)35-9)37-22-17(33-3)15(29)13(10(2)36-22)23-19(31)11(27)5-7-25/h9-18,21-22,25-30H,5-8H2,1-4H3,(H,23,31)(H,24,32)/t9-,10-,11?,12?,13-,14-,15+,16+,17+,18+,21+,22-/m1/s1. The largest absolute Gasteiger partial charge is 0.396 e.